The maximum atomic E-state index is 12.9. The van der Waals surface area contributed by atoms with Crippen molar-refractivity contribution in [3.05, 3.63) is 35.6 Å². The van der Waals surface area contributed by atoms with Crippen molar-refractivity contribution in [1.82, 2.24) is 10.2 Å². The molecule has 1 fully saturated rings. The van der Waals surface area contributed by atoms with Crippen molar-refractivity contribution < 1.29 is 4.39 Å². The van der Waals surface area contributed by atoms with Gasteiger partial charge in [0.2, 0.25) is 0 Å². The van der Waals surface area contributed by atoms with Crippen LogP contribution in [0.15, 0.2) is 24.3 Å². The van der Waals surface area contributed by atoms with Crippen molar-refractivity contribution in [3.8, 4) is 0 Å². The van der Waals surface area contributed by atoms with Crippen LogP contribution in [-0.2, 0) is 0 Å². The molecule has 2 rings (SSSR count). The van der Waals surface area contributed by atoms with Gasteiger partial charge in [-0.15, -0.1) is 0 Å². The molecule has 1 aliphatic heterocycles. The zero-order valence-electron chi connectivity index (χ0n) is 11.5. The first-order valence-electron chi connectivity index (χ1n) is 6.78. The van der Waals surface area contributed by atoms with Gasteiger partial charge in [0.1, 0.15) is 5.82 Å². The van der Waals surface area contributed by atoms with Crippen molar-refractivity contribution in [3.63, 3.8) is 0 Å². The van der Waals surface area contributed by atoms with Crippen LogP contribution in [0.4, 0.5) is 4.39 Å². The summed E-state index contributed by atoms with van der Waals surface area (Å²) in [7, 11) is 0. The van der Waals surface area contributed by atoms with Gasteiger partial charge in [0.15, 0.2) is 0 Å². The molecule has 0 radical (unpaired) electrons. The van der Waals surface area contributed by atoms with Crippen molar-refractivity contribution in [2.24, 2.45) is 0 Å². The molecule has 0 spiro atoms. The van der Waals surface area contributed by atoms with Gasteiger partial charge in [0, 0.05) is 31.7 Å². The minimum Gasteiger partial charge on any atom is -0.309 e. The second-order valence-electron chi connectivity index (χ2n) is 5.64. The van der Waals surface area contributed by atoms with Gasteiger partial charge in [-0.1, -0.05) is 19.1 Å². The molecule has 3 unspecified atom stereocenters. The molecule has 1 aromatic carbocycles. The molecule has 0 bridgehead atoms. The van der Waals surface area contributed by atoms with Crippen LogP contribution >= 0.6 is 0 Å². The molecule has 100 valence electrons. The van der Waals surface area contributed by atoms with Gasteiger partial charge in [-0.25, -0.2) is 4.39 Å². The first-order chi connectivity index (χ1) is 8.54. The Morgan fingerprint density at radius 2 is 1.78 bits per heavy atom. The van der Waals surface area contributed by atoms with Crippen molar-refractivity contribution >= 4 is 0 Å². The van der Waals surface area contributed by atoms with E-state index < -0.39 is 0 Å². The molecule has 3 atom stereocenters. The first-order valence-corrected chi connectivity index (χ1v) is 6.78. The van der Waals surface area contributed by atoms with Crippen molar-refractivity contribution in [1.29, 1.82) is 0 Å². The van der Waals surface area contributed by atoms with Crippen LogP contribution in [0.3, 0.4) is 0 Å². The lowest BCUT2D eigenvalue weighted by Gasteiger charge is -2.37. The number of hydrogen-bond donors (Lipinski definition) is 1. The second kappa shape index (κ2) is 5.81. The first kappa shape index (κ1) is 13.5. The summed E-state index contributed by atoms with van der Waals surface area (Å²) in [6.45, 7) is 9.90. The highest BCUT2D eigenvalue weighted by Gasteiger charge is 2.22. The van der Waals surface area contributed by atoms with E-state index in [0.717, 1.165) is 19.6 Å². The zero-order valence-corrected chi connectivity index (χ0v) is 11.5. The minimum atomic E-state index is -0.157. The lowest BCUT2D eigenvalue weighted by atomic mass is 9.99. The quantitative estimate of drug-likeness (QED) is 0.887. The number of piperazine rings is 1. The highest BCUT2D eigenvalue weighted by atomic mass is 19.1. The molecular formula is C15H23FN2. The Balaban J connectivity index is 1.94. The Hall–Kier alpha value is -0.930. The maximum absolute atomic E-state index is 12.9. The third-order valence-electron chi connectivity index (χ3n) is 3.60. The second-order valence-corrected chi connectivity index (χ2v) is 5.64. The van der Waals surface area contributed by atoms with E-state index in [4.69, 9.17) is 0 Å². The summed E-state index contributed by atoms with van der Waals surface area (Å²) in [5, 5.41) is 3.54. The van der Waals surface area contributed by atoms with E-state index in [-0.39, 0.29) is 5.82 Å². The van der Waals surface area contributed by atoms with Crippen LogP contribution in [0.1, 0.15) is 32.3 Å². The highest BCUT2D eigenvalue weighted by Crippen LogP contribution is 2.18. The van der Waals surface area contributed by atoms with Gasteiger partial charge in [-0.05, 0) is 37.5 Å². The molecule has 0 saturated carbocycles. The third-order valence-corrected chi connectivity index (χ3v) is 3.60. The summed E-state index contributed by atoms with van der Waals surface area (Å²) in [5.74, 6) is 0.290. The maximum Gasteiger partial charge on any atom is 0.123 e. The number of hydrogen-bond acceptors (Lipinski definition) is 2. The summed E-state index contributed by atoms with van der Waals surface area (Å²) >= 11 is 0. The van der Waals surface area contributed by atoms with E-state index in [1.165, 1.54) is 5.56 Å². The smallest absolute Gasteiger partial charge is 0.123 e. The Morgan fingerprint density at radius 1 is 1.22 bits per heavy atom. The van der Waals surface area contributed by atoms with E-state index in [9.17, 15) is 4.39 Å². The fourth-order valence-corrected chi connectivity index (χ4v) is 2.87. The number of nitrogens with zero attached hydrogens (tertiary/aromatic N) is 1. The third kappa shape index (κ3) is 3.53. The van der Waals surface area contributed by atoms with E-state index in [1.807, 2.05) is 12.1 Å². The Bertz CT molecular complexity index is 367. The Labute approximate surface area is 109 Å². The molecule has 1 saturated heterocycles. The molecular weight excluding hydrogens is 227 g/mol. The fraction of sp³-hybridized carbons (Fsp3) is 0.600. The molecule has 3 heteroatoms. The van der Waals surface area contributed by atoms with Gasteiger partial charge >= 0.3 is 0 Å². The summed E-state index contributed by atoms with van der Waals surface area (Å²) in [6.07, 6.45) is 0. The minimum absolute atomic E-state index is 0.157. The summed E-state index contributed by atoms with van der Waals surface area (Å²) in [6, 6.07) is 8.00. The van der Waals surface area contributed by atoms with Gasteiger partial charge in [0.05, 0.1) is 0 Å². The molecule has 0 aliphatic carbocycles. The fourth-order valence-electron chi connectivity index (χ4n) is 2.87. The average Bonchev–Trinajstić information content (AvgIpc) is 2.28. The largest absolute Gasteiger partial charge is 0.309 e. The topological polar surface area (TPSA) is 15.3 Å². The van der Waals surface area contributed by atoms with E-state index >= 15 is 0 Å². The van der Waals surface area contributed by atoms with Crippen LogP contribution in [0.5, 0.6) is 0 Å². The zero-order chi connectivity index (χ0) is 13.1. The lowest BCUT2D eigenvalue weighted by Crippen LogP contribution is -2.54. The van der Waals surface area contributed by atoms with Gasteiger partial charge < -0.3 is 5.32 Å². The molecule has 1 aromatic rings. The molecule has 0 aromatic heterocycles. The summed E-state index contributed by atoms with van der Waals surface area (Å²) in [4.78, 5) is 2.50. The number of nitrogens with one attached hydrogen (secondary N) is 1. The van der Waals surface area contributed by atoms with Crippen LogP contribution < -0.4 is 5.32 Å². The molecule has 2 nitrogen and oxygen atoms in total. The predicted molar refractivity (Wildman–Crippen MR) is 73.3 cm³/mol. The van der Waals surface area contributed by atoms with Crippen LogP contribution in [0.2, 0.25) is 0 Å². The Morgan fingerprint density at radius 3 is 2.33 bits per heavy atom. The lowest BCUT2D eigenvalue weighted by molar-refractivity contribution is 0.167. The average molecular weight is 250 g/mol. The van der Waals surface area contributed by atoms with Crippen molar-refractivity contribution in [2.45, 2.75) is 38.8 Å². The number of benzene rings is 1. The van der Waals surface area contributed by atoms with E-state index in [0.29, 0.717) is 18.0 Å². The Kier molecular flexibility index (Phi) is 4.36. The SMILES string of the molecule is CC1CN(CC(C)c2ccc(F)cc2)CC(C)N1. The van der Waals surface area contributed by atoms with E-state index in [1.54, 1.807) is 12.1 Å². The summed E-state index contributed by atoms with van der Waals surface area (Å²) < 4.78 is 12.9. The normalized spacial score (nSPS) is 27.1. The van der Waals surface area contributed by atoms with Crippen LogP contribution in [0.25, 0.3) is 0 Å². The molecule has 18 heavy (non-hydrogen) atoms. The standard InChI is InChI=1S/C15H23FN2/c1-11(14-4-6-15(16)7-5-14)8-18-9-12(2)17-13(3)10-18/h4-7,11-13,17H,8-10H2,1-3H3. The molecule has 1 aliphatic rings. The number of rotatable bonds is 3. The summed E-state index contributed by atoms with van der Waals surface area (Å²) in [5.41, 5.74) is 1.22. The molecule has 1 N–H and O–H groups in total. The van der Waals surface area contributed by atoms with Crippen molar-refractivity contribution in [2.75, 3.05) is 19.6 Å². The van der Waals surface area contributed by atoms with Gasteiger partial charge in [-0.3, -0.25) is 4.90 Å². The van der Waals surface area contributed by atoms with E-state index in [2.05, 4.69) is 31.0 Å². The predicted octanol–water partition coefficient (Wildman–Crippen LogP) is 2.61. The monoisotopic (exact) mass is 250 g/mol. The van der Waals surface area contributed by atoms with Gasteiger partial charge in [0.25, 0.3) is 0 Å². The van der Waals surface area contributed by atoms with Crippen LogP contribution in [0, 0.1) is 5.82 Å². The van der Waals surface area contributed by atoms with Crippen LogP contribution in [-0.4, -0.2) is 36.6 Å². The highest BCUT2D eigenvalue weighted by molar-refractivity contribution is 5.20. The molecule has 1 heterocycles. The molecule has 0 amide bonds. The van der Waals surface area contributed by atoms with Gasteiger partial charge in [-0.2, -0.15) is 0 Å². The number of halogens is 1.